The molecule has 4 heteroatoms. The molecule has 1 unspecified atom stereocenters. The summed E-state index contributed by atoms with van der Waals surface area (Å²) in [6.07, 6.45) is 0. The van der Waals surface area contributed by atoms with Gasteiger partial charge in [0.2, 0.25) is 0 Å². The van der Waals surface area contributed by atoms with Crippen molar-refractivity contribution in [3.8, 4) is 17.2 Å². The van der Waals surface area contributed by atoms with Crippen molar-refractivity contribution in [3.63, 3.8) is 0 Å². The standard InChI is InChI=1S/C15H17NO3/c1-10(16-11-3-5-12(17)6-4-11)14-8-7-13(19-2)9-15(14)18/h3-10,16-18H,1-2H3. The summed E-state index contributed by atoms with van der Waals surface area (Å²) in [5.41, 5.74) is 1.66. The van der Waals surface area contributed by atoms with Gasteiger partial charge in [0.25, 0.3) is 0 Å². The van der Waals surface area contributed by atoms with Crippen LogP contribution in [0, 0.1) is 0 Å². The fourth-order valence-electron chi connectivity index (χ4n) is 1.90. The number of phenols is 2. The van der Waals surface area contributed by atoms with E-state index in [0.29, 0.717) is 5.75 Å². The maximum Gasteiger partial charge on any atom is 0.124 e. The molecule has 2 rings (SSSR count). The lowest BCUT2D eigenvalue weighted by Crippen LogP contribution is -2.06. The largest absolute Gasteiger partial charge is 0.508 e. The van der Waals surface area contributed by atoms with E-state index in [4.69, 9.17) is 4.74 Å². The molecule has 0 aromatic heterocycles. The minimum Gasteiger partial charge on any atom is -0.508 e. The molecule has 2 aromatic carbocycles. The van der Waals surface area contributed by atoms with E-state index in [1.807, 2.05) is 19.1 Å². The van der Waals surface area contributed by atoms with Gasteiger partial charge in [-0.2, -0.15) is 0 Å². The Morgan fingerprint density at radius 1 is 1.05 bits per heavy atom. The molecule has 0 aliphatic rings. The highest BCUT2D eigenvalue weighted by Gasteiger charge is 2.11. The first-order chi connectivity index (χ1) is 9.10. The summed E-state index contributed by atoms with van der Waals surface area (Å²) < 4.78 is 5.05. The number of methoxy groups -OCH3 is 1. The molecule has 0 saturated carbocycles. The van der Waals surface area contributed by atoms with Crippen molar-refractivity contribution >= 4 is 5.69 Å². The number of phenolic OH excluding ortho intramolecular Hbond substituents is 2. The summed E-state index contributed by atoms with van der Waals surface area (Å²) in [5.74, 6) is 1.04. The van der Waals surface area contributed by atoms with Crippen molar-refractivity contribution in [2.45, 2.75) is 13.0 Å². The summed E-state index contributed by atoms with van der Waals surface area (Å²) in [4.78, 5) is 0. The molecule has 4 nitrogen and oxygen atoms in total. The van der Waals surface area contributed by atoms with Crippen LogP contribution in [0.5, 0.6) is 17.2 Å². The van der Waals surface area contributed by atoms with Crippen LogP contribution in [0.25, 0.3) is 0 Å². The molecule has 0 radical (unpaired) electrons. The first kappa shape index (κ1) is 13.1. The molecule has 0 amide bonds. The van der Waals surface area contributed by atoms with Crippen LogP contribution in [0.1, 0.15) is 18.5 Å². The third-order valence-electron chi connectivity index (χ3n) is 2.95. The number of anilines is 1. The zero-order chi connectivity index (χ0) is 13.8. The van der Waals surface area contributed by atoms with E-state index in [2.05, 4.69) is 5.32 Å². The van der Waals surface area contributed by atoms with Crippen LogP contribution in [-0.4, -0.2) is 17.3 Å². The Morgan fingerprint density at radius 3 is 2.32 bits per heavy atom. The molecule has 1 atom stereocenters. The average molecular weight is 259 g/mol. The van der Waals surface area contributed by atoms with Gasteiger partial charge >= 0.3 is 0 Å². The molecule has 0 saturated heterocycles. The van der Waals surface area contributed by atoms with Crippen molar-refractivity contribution in [3.05, 3.63) is 48.0 Å². The van der Waals surface area contributed by atoms with Crippen LogP contribution in [-0.2, 0) is 0 Å². The number of ether oxygens (including phenoxy) is 1. The highest BCUT2D eigenvalue weighted by atomic mass is 16.5. The van der Waals surface area contributed by atoms with Gasteiger partial charge in [-0.05, 0) is 43.3 Å². The van der Waals surface area contributed by atoms with Gasteiger partial charge in [-0.1, -0.05) is 0 Å². The molecular weight excluding hydrogens is 242 g/mol. The van der Waals surface area contributed by atoms with E-state index in [0.717, 1.165) is 11.3 Å². The number of aromatic hydroxyl groups is 2. The van der Waals surface area contributed by atoms with E-state index in [-0.39, 0.29) is 17.5 Å². The fourth-order valence-corrected chi connectivity index (χ4v) is 1.90. The van der Waals surface area contributed by atoms with Crippen LogP contribution < -0.4 is 10.1 Å². The van der Waals surface area contributed by atoms with Crippen LogP contribution in [0.2, 0.25) is 0 Å². The van der Waals surface area contributed by atoms with Crippen LogP contribution >= 0.6 is 0 Å². The molecule has 0 aliphatic carbocycles. The third-order valence-corrected chi connectivity index (χ3v) is 2.95. The fraction of sp³-hybridized carbons (Fsp3) is 0.200. The Bertz CT molecular complexity index is 552. The Hall–Kier alpha value is -2.36. The molecule has 0 spiro atoms. The summed E-state index contributed by atoms with van der Waals surface area (Å²) in [6, 6.07) is 12.0. The molecule has 0 bridgehead atoms. The second kappa shape index (κ2) is 5.52. The van der Waals surface area contributed by atoms with Crippen LogP contribution in [0.3, 0.4) is 0 Å². The zero-order valence-electron chi connectivity index (χ0n) is 10.9. The minimum atomic E-state index is -0.0598. The topological polar surface area (TPSA) is 61.7 Å². The predicted molar refractivity (Wildman–Crippen MR) is 74.8 cm³/mol. The predicted octanol–water partition coefficient (Wildman–Crippen LogP) is 3.28. The van der Waals surface area contributed by atoms with Gasteiger partial charge in [0.15, 0.2) is 0 Å². The van der Waals surface area contributed by atoms with Crippen LogP contribution in [0.15, 0.2) is 42.5 Å². The molecular formula is C15H17NO3. The molecule has 2 aromatic rings. The van der Waals surface area contributed by atoms with Gasteiger partial charge in [-0.25, -0.2) is 0 Å². The highest BCUT2D eigenvalue weighted by Crippen LogP contribution is 2.30. The van der Waals surface area contributed by atoms with Crippen molar-refractivity contribution in [2.24, 2.45) is 0 Å². The smallest absolute Gasteiger partial charge is 0.124 e. The van der Waals surface area contributed by atoms with Gasteiger partial charge in [0.05, 0.1) is 13.2 Å². The van der Waals surface area contributed by atoms with Gasteiger partial charge in [-0.3, -0.25) is 0 Å². The second-order valence-corrected chi connectivity index (χ2v) is 4.34. The maximum atomic E-state index is 9.96. The van der Waals surface area contributed by atoms with Gasteiger partial charge in [0, 0.05) is 17.3 Å². The number of nitrogens with one attached hydrogen (secondary N) is 1. The molecule has 0 heterocycles. The molecule has 0 fully saturated rings. The molecule has 0 aliphatic heterocycles. The summed E-state index contributed by atoms with van der Waals surface area (Å²) in [5, 5.41) is 22.4. The lowest BCUT2D eigenvalue weighted by atomic mass is 10.1. The Balaban J connectivity index is 2.15. The number of benzene rings is 2. The average Bonchev–Trinajstić information content (AvgIpc) is 2.41. The number of hydrogen-bond donors (Lipinski definition) is 3. The van der Waals surface area contributed by atoms with E-state index in [9.17, 15) is 10.2 Å². The lowest BCUT2D eigenvalue weighted by molar-refractivity contribution is 0.406. The van der Waals surface area contributed by atoms with Gasteiger partial charge < -0.3 is 20.3 Å². The summed E-state index contributed by atoms with van der Waals surface area (Å²) >= 11 is 0. The second-order valence-electron chi connectivity index (χ2n) is 4.34. The SMILES string of the molecule is COc1ccc(C(C)Nc2ccc(O)cc2)c(O)c1. The minimum absolute atomic E-state index is 0.0598. The Morgan fingerprint density at radius 2 is 1.74 bits per heavy atom. The Labute approximate surface area is 112 Å². The first-order valence-corrected chi connectivity index (χ1v) is 6.02. The molecule has 3 N–H and O–H groups in total. The Kier molecular flexibility index (Phi) is 3.80. The summed E-state index contributed by atoms with van der Waals surface area (Å²) in [6.45, 7) is 1.95. The van der Waals surface area contributed by atoms with E-state index in [1.165, 1.54) is 0 Å². The molecule has 19 heavy (non-hydrogen) atoms. The van der Waals surface area contributed by atoms with E-state index >= 15 is 0 Å². The van der Waals surface area contributed by atoms with Crippen molar-refractivity contribution in [1.29, 1.82) is 0 Å². The first-order valence-electron chi connectivity index (χ1n) is 6.02. The van der Waals surface area contributed by atoms with Crippen molar-refractivity contribution in [1.82, 2.24) is 0 Å². The maximum absolute atomic E-state index is 9.96. The van der Waals surface area contributed by atoms with Gasteiger partial charge in [-0.15, -0.1) is 0 Å². The number of rotatable bonds is 4. The molecule has 100 valence electrons. The summed E-state index contributed by atoms with van der Waals surface area (Å²) in [7, 11) is 1.56. The normalized spacial score (nSPS) is 11.9. The van der Waals surface area contributed by atoms with E-state index < -0.39 is 0 Å². The quantitative estimate of drug-likeness (QED) is 0.737. The number of hydrogen-bond acceptors (Lipinski definition) is 4. The van der Waals surface area contributed by atoms with E-state index in [1.54, 1.807) is 37.4 Å². The van der Waals surface area contributed by atoms with Crippen molar-refractivity contribution < 1.29 is 14.9 Å². The van der Waals surface area contributed by atoms with Crippen molar-refractivity contribution in [2.75, 3.05) is 12.4 Å². The third kappa shape index (κ3) is 3.10. The van der Waals surface area contributed by atoms with Gasteiger partial charge in [0.1, 0.15) is 17.2 Å². The lowest BCUT2D eigenvalue weighted by Gasteiger charge is -2.17. The zero-order valence-corrected chi connectivity index (χ0v) is 10.9. The monoisotopic (exact) mass is 259 g/mol. The van der Waals surface area contributed by atoms with Crippen LogP contribution in [0.4, 0.5) is 5.69 Å². The highest BCUT2D eigenvalue weighted by molar-refractivity contribution is 5.50.